The number of ether oxygens (including phenoxy) is 2. The molecular weight excluding hydrogens is 410 g/mol. The monoisotopic (exact) mass is 433 g/mol. The van der Waals surface area contributed by atoms with Crippen LogP contribution in [0.3, 0.4) is 0 Å². The number of Topliss-reactive ketones (excluding diaryl/α,β-unsaturated/α-hetero) is 1. The predicted octanol–water partition coefficient (Wildman–Crippen LogP) is 2.58. The number of rotatable bonds is 7. The van der Waals surface area contributed by atoms with Crippen molar-refractivity contribution < 1.29 is 14.3 Å². The lowest BCUT2D eigenvalue weighted by molar-refractivity contribution is -0.117. The van der Waals surface area contributed by atoms with E-state index < -0.39 is 0 Å². The van der Waals surface area contributed by atoms with Gasteiger partial charge in [0, 0.05) is 41.9 Å². The molecule has 0 unspecified atom stereocenters. The van der Waals surface area contributed by atoms with E-state index in [1.807, 2.05) is 26.0 Å². The van der Waals surface area contributed by atoms with Gasteiger partial charge < -0.3 is 14.8 Å². The molecule has 1 fully saturated rings. The van der Waals surface area contributed by atoms with E-state index in [-0.39, 0.29) is 24.7 Å². The van der Waals surface area contributed by atoms with Crippen molar-refractivity contribution in [3.05, 3.63) is 51.5 Å². The van der Waals surface area contributed by atoms with E-state index in [0.717, 1.165) is 40.1 Å². The van der Waals surface area contributed by atoms with E-state index in [1.54, 1.807) is 12.4 Å². The summed E-state index contributed by atoms with van der Waals surface area (Å²) in [7, 11) is 0. The quantitative estimate of drug-likeness (QED) is 0.723. The molecule has 6 nitrogen and oxygen atoms in total. The molecular formula is C20H24BrN3O3. The highest BCUT2D eigenvalue weighted by molar-refractivity contribution is 9.10. The molecule has 2 aromatic rings. The van der Waals surface area contributed by atoms with Gasteiger partial charge in [-0.1, -0.05) is 15.9 Å². The van der Waals surface area contributed by atoms with Crippen molar-refractivity contribution in [2.24, 2.45) is 0 Å². The van der Waals surface area contributed by atoms with Crippen molar-refractivity contribution in [2.45, 2.75) is 32.8 Å². The first-order chi connectivity index (χ1) is 13.0. The third-order valence-electron chi connectivity index (χ3n) is 4.37. The van der Waals surface area contributed by atoms with Crippen molar-refractivity contribution in [1.82, 2.24) is 15.3 Å². The van der Waals surface area contributed by atoms with Gasteiger partial charge in [0.1, 0.15) is 24.2 Å². The Bertz CT molecular complexity index is 790. The van der Waals surface area contributed by atoms with Crippen LogP contribution in [0, 0.1) is 13.8 Å². The lowest BCUT2D eigenvalue weighted by atomic mass is 10.0. The van der Waals surface area contributed by atoms with Gasteiger partial charge in [-0.15, -0.1) is 0 Å². The van der Waals surface area contributed by atoms with E-state index in [0.29, 0.717) is 18.9 Å². The first-order valence-corrected chi connectivity index (χ1v) is 9.84. The van der Waals surface area contributed by atoms with Crippen LogP contribution in [0.25, 0.3) is 0 Å². The van der Waals surface area contributed by atoms with Gasteiger partial charge in [0.15, 0.2) is 0 Å². The molecule has 7 heteroatoms. The fourth-order valence-electron chi connectivity index (χ4n) is 2.87. The molecule has 1 aliphatic heterocycles. The summed E-state index contributed by atoms with van der Waals surface area (Å²) in [6.45, 7) is 6.67. The summed E-state index contributed by atoms with van der Waals surface area (Å²) in [5.74, 6) is 0.803. The van der Waals surface area contributed by atoms with Gasteiger partial charge in [-0.2, -0.15) is 0 Å². The van der Waals surface area contributed by atoms with Gasteiger partial charge in [0.05, 0.1) is 24.4 Å². The third kappa shape index (κ3) is 5.82. The SMILES string of the molecule is Cc1cnc(CC(=O)Cc2cc(Br)c(C)cc2OC[C@@H]2CNCCO2)cn1. The second-order valence-electron chi connectivity index (χ2n) is 6.76. The van der Waals surface area contributed by atoms with Crippen LogP contribution in [-0.2, 0) is 22.4 Å². The maximum absolute atomic E-state index is 12.5. The first-order valence-electron chi connectivity index (χ1n) is 9.04. The van der Waals surface area contributed by atoms with Crippen LogP contribution >= 0.6 is 15.9 Å². The Morgan fingerprint density at radius 1 is 1.30 bits per heavy atom. The summed E-state index contributed by atoms with van der Waals surface area (Å²) in [4.78, 5) is 21.0. The summed E-state index contributed by atoms with van der Waals surface area (Å²) >= 11 is 3.55. The number of morpholine rings is 1. The highest BCUT2D eigenvalue weighted by Crippen LogP contribution is 2.28. The Labute approximate surface area is 167 Å². The zero-order valence-electron chi connectivity index (χ0n) is 15.6. The molecule has 0 amide bonds. The average Bonchev–Trinajstić information content (AvgIpc) is 2.66. The van der Waals surface area contributed by atoms with Crippen LogP contribution in [0.1, 0.15) is 22.5 Å². The van der Waals surface area contributed by atoms with Gasteiger partial charge in [-0.05, 0) is 31.5 Å². The molecule has 2 heterocycles. The predicted molar refractivity (Wildman–Crippen MR) is 106 cm³/mol. The van der Waals surface area contributed by atoms with Gasteiger partial charge in [-0.25, -0.2) is 0 Å². The van der Waals surface area contributed by atoms with Crippen LogP contribution in [0.5, 0.6) is 5.75 Å². The maximum Gasteiger partial charge on any atom is 0.143 e. The summed E-state index contributed by atoms with van der Waals surface area (Å²) in [5.41, 5.74) is 3.44. The number of carbonyl (C=O) groups is 1. The van der Waals surface area contributed by atoms with Crippen molar-refractivity contribution >= 4 is 21.7 Å². The fourth-order valence-corrected chi connectivity index (χ4v) is 3.26. The first kappa shape index (κ1) is 19.9. The molecule has 3 rings (SSSR count). The highest BCUT2D eigenvalue weighted by atomic mass is 79.9. The van der Waals surface area contributed by atoms with Gasteiger partial charge in [0.25, 0.3) is 0 Å². The lowest BCUT2D eigenvalue weighted by Crippen LogP contribution is -2.41. The zero-order valence-corrected chi connectivity index (χ0v) is 17.2. The number of benzene rings is 1. The topological polar surface area (TPSA) is 73.3 Å². The van der Waals surface area contributed by atoms with Crippen LogP contribution in [0.4, 0.5) is 0 Å². The standard InChI is InChI=1S/C20H24BrN3O3/c1-13-5-20(27-12-18-11-22-3-4-26-18)15(7-19(13)21)6-17(25)8-16-10-23-14(2)9-24-16/h5,7,9-10,18,22H,3-4,6,8,11-12H2,1-2H3/t18-/m0/s1. The van der Waals surface area contributed by atoms with Crippen LogP contribution in [0.15, 0.2) is 29.0 Å². The third-order valence-corrected chi connectivity index (χ3v) is 5.23. The Hall–Kier alpha value is -1.83. The van der Waals surface area contributed by atoms with Gasteiger partial charge >= 0.3 is 0 Å². The number of halogens is 1. The molecule has 1 saturated heterocycles. The van der Waals surface area contributed by atoms with E-state index >= 15 is 0 Å². The molecule has 0 radical (unpaired) electrons. The molecule has 0 bridgehead atoms. The Balaban J connectivity index is 1.67. The molecule has 1 atom stereocenters. The number of hydrogen-bond donors (Lipinski definition) is 1. The molecule has 144 valence electrons. The van der Waals surface area contributed by atoms with E-state index in [9.17, 15) is 4.79 Å². The van der Waals surface area contributed by atoms with E-state index in [2.05, 4.69) is 31.2 Å². The summed E-state index contributed by atoms with van der Waals surface area (Å²) in [6, 6.07) is 3.93. The minimum Gasteiger partial charge on any atom is -0.491 e. The maximum atomic E-state index is 12.5. The molecule has 27 heavy (non-hydrogen) atoms. The molecule has 1 aromatic heterocycles. The average molecular weight is 434 g/mol. The van der Waals surface area contributed by atoms with Crippen LogP contribution < -0.4 is 10.1 Å². The molecule has 0 saturated carbocycles. The van der Waals surface area contributed by atoms with Crippen molar-refractivity contribution in [1.29, 1.82) is 0 Å². The largest absolute Gasteiger partial charge is 0.491 e. The number of aryl methyl sites for hydroxylation is 2. The van der Waals surface area contributed by atoms with Crippen LogP contribution in [-0.4, -0.2) is 48.2 Å². The minimum absolute atomic E-state index is 0.0223. The second kappa shape index (κ2) is 9.39. The smallest absolute Gasteiger partial charge is 0.143 e. The Morgan fingerprint density at radius 2 is 2.15 bits per heavy atom. The number of ketones is 1. The van der Waals surface area contributed by atoms with Crippen LogP contribution in [0.2, 0.25) is 0 Å². The number of nitrogens with one attached hydrogen (secondary N) is 1. The molecule has 1 aliphatic rings. The number of hydrogen-bond acceptors (Lipinski definition) is 6. The summed E-state index contributed by atoms with van der Waals surface area (Å²) in [5, 5.41) is 3.29. The summed E-state index contributed by atoms with van der Waals surface area (Å²) in [6.07, 6.45) is 3.90. The number of carbonyl (C=O) groups excluding carboxylic acids is 1. The molecule has 0 spiro atoms. The van der Waals surface area contributed by atoms with Crippen molar-refractivity contribution in [2.75, 3.05) is 26.3 Å². The second-order valence-corrected chi connectivity index (χ2v) is 7.61. The highest BCUT2D eigenvalue weighted by Gasteiger charge is 2.17. The van der Waals surface area contributed by atoms with E-state index in [4.69, 9.17) is 9.47 Å². The number of aromatic nitrogens is 2. The molecule has 0 aliphatic carbocycles. The number of nitrogens with zero attached hydrogens (tertiary/aromatic N) is 2. The lowest BCUT2D eigenvalue weighted by Gasteiger charge is -2.24. The normalized spacial score (nSPS) is 16.9. The Kier molecular flexibility index (Phi) is 6.93. The van der Waals surface area contributed by atoms with Crippen molar-refractivity contribution in [3.63, 3.8) is 0 Å². The summed E-state index contributed by atoms with van der Waals surface area (Å²) < 4.78 is 12.7. The van der Waals surface area contributed by atoms with Gasteiger partial charge in [0.2, 0.25) is 0 Å². The fraction of sp³-hybridized carbons (Fsp3) is 0.450. The van der Waals surface area contributed by atoms with Gasteiger partial charge in [-0.3, -0.25) is 14.8 Å². The van der Waals surface area contributed by atoms with E-state index in [1.165, 1.54) is 0 Å². The molecule has 1 aromatic carbocycles. The zero-order chi connectivity index (χ0) is 19.2. The molecule has 1 N–H and O–H groups in total. The van der Waals surface area contributed by atoms with Crippen molar-refractivity contribution in [3.8, 4) is 5.75 Å². The minimum atomic E-state index is 0.0223. The Morgan fingerprint density at radius 3 is 2.85 bits per heavy atom.